The largest absolute Gasteiger partial charge is 0.370 e. The topological polar surface area (TPSA) is 357 Å². The highest BCUT2D eigenvalue weighted by Gasteiger charge is 2.41. The molecule has 14 rings (SSSR count). The number of guanidine groups is 2. The molecule has 3 unspecified atom stereocenters. The Morgan fingerprint density at radius 1 is 0.487 bits per heavy atom. The normalized spacial score (nSPS) is 21.6. The third-order valence-corrected chi connectivity index (χ3v) is 24.8. The molecule has 6 amide bonds. The maximum absolute atomic E-state index is 13.9. The first kappa shape index (κ1) is 85.8. The van der Waals surface area contributed by atoms with E-state index in [0.717, 1.165) is 115 Å². The number of fused-ring (bicyclic) bond motifs is 4. The van der Waals surface area contributed by atoms with Crippen molar-refractivity contribution >= 4 is 68.9 Å². The minimum atomic E-state index is -0.354. The van der Waals surface area contributed by atoms with Crippen molar-refractivity contribution in [2.45, 2.75) is 178 Å². The Balaban J connectivity index is 0.000000162. The number of aliphatic imine (C=N–C) groups is 2. The zero-order valence-corrected chi connectivity index (χ0v) is 68.3. The van der Waals surface area contributed by atoms with Crippen LogP contribution in [-0.4, -0.2) is 187 Å². The van der Waals surface area contributed by atoms with E-state index in [-0.39, 0.29) is 89.5 Å². The van der Waals surface area contributed by atoms with Gasteiger partial charge in [0.15, 0.2) is 11.9 Å². The molecule has 3 aliphatic carbocycles. The number of benzene rings is 7. The lowest BCUT2D eigenvalue weighted by Crippen LogP contribution is -2.49. The van der Waals surface area contributed by atoms with Crippen molar-refractivity contribution in [1.29, 1.82) is 0 Å². The first-order chi connectivity index (χ1) is 57.0. The predicted octanol–water partition coefficient (Wildman–Crippen LogP) is 10.2. The summed E-state index contributed by atoms with van der Waals surface area (Å²) in [6.07, 6.45) is 22.3. The maximum Gasteiger partial charge on any atom is 0.254 e. The molecule has 117 heavy (non-hydrogen) atoms. The highest BCUT2D eigenvalue weighted by atomic mass is 16.2. The van der Waals surface area contributed by atoms with Crippen molar-refractivity contribution in [3.63, 3.8) is 0 Å². The molecule has 6 aliphatic rings. The Bertz CT molecular complexity index is 4550. The summed E-state index contributed by atoms with van der Waals surface area (Å²) in [5.41, 5.74) is 33.6. The number of nitrogens with one attached hydrogen (secondary N) is 6. The lowest BCUT2D eigenvalue weighted by atomic mass is 9.86. The highest BCUT2D eigenvalue weighted by molar-refractivity contribution is 6.00. The van der Waals surface area contributed by atoms with E-state index in [1.54, 1.807) is 10.9 Å². The maximum atomic E-state index is 13.9. The molecule has 3 aliphatic heterocycles. The zero-order chi connectivity index (χ0) is 81.8. The molecule has 8 aromatic rings. The second-order valence-corrected chi connectivity index (χ2v) is 32.9. The second kappa shape index (κ2) is 43.6. The minimum Gasteiger partial charge on any atom is -0.370 e. The molecule has 4 heterocycles. The third-order valence-electron chi connectivity index (χ3n) is 24.8. The number of para-hydroxylation sites is 1. The number of aromatic nitrogens is 2. The molecule has 3 saturated carbocycles. The first-order valence-corrected chi connectivity index (χ1v) is 43.0. The van der Waals surface area contributed by atoms with Crippen LogP contribution >= 0.6 is 0 Å². The Kier molecular flexibility index (Phi) is 32.0. The molecule has 16 N–H and O–H groups in total. The average Bonchev–Trinajstić information content (AvgIpc) is 1.68. The van der Waals surface area contributed by atoms with Gasteiger partial charge in [0, 0.05) is 107 Å². The van der Waals surface area contributed by atoms with Gasteiger partial charge in [-0.1, -0.05) is 178 Å². The van der Waals surface area contributed by atoms with Gasteiger partial charge in [0.2, 0.25) is 17.7 Å². The molecule has 0 radical (unpaired) electrons. The summed E-state index contributed by atoms with van der Waals surface area (Å²) in [5, 5.41) is 28.7. The van der Waals surface area contributed by atoms with Crippen molar-refractivity contribution in [2.24, 2.45) is 62.3 Å². The molecule has 3 saturated heterocycles. The van der Waals surface area contributed by atoms with E-state index in [9.17, 15) is 28.8 Å². The molecule has 622 valence electrons. The van der Waals surface area contributed by atoms with Crippen LogP contribution in [0.15, 0.2) is 192 Å². The quantitative estimate of drug-likeness (QED) is 0.0109. The van der Waals surface area contributed by atoms with E-state index in [1.807, 2.05) is 168 Å². The van der Waals surface area contributed by atoms with Gasteiger partial charge in [-0.05, 0) is 196 Å². The fourth-order valence-corrected chi connectivity index (χ4v) is 18.2. The number of rotatable bonds is 31. The van der Waals surface area contributed by atoms with Crippen molar-refractivity contribution in [1.82, 2.24) is 56.4 Å². The van der Waals surface area contributed by atoms with Gasteiger partial charge < -0.3 is 75.3 Å². The minimum absolute atomic E-state index is 0.0149. The van der Waals surface area contributed by atoms with Crippen LogP contribution in [0.4, 0.5) is 0 Å². The Morgan fingerprint density at radius 2 is 0.940 bits per heavy atom. The zero-order valence-electron chi connectivity index (χ0n) is 68.3. The molecule has 24 heteroatoms. The first-order valence-electron chi connectivity index (χ1n) is 43.0. The fraction of sp³-hybridized carbons (Fsp3) is 0.473. The van der Waals surface area contributed by atoms with Gasteiger partial charge in [-0.2, -0.15) is 5.10 Å². The van der Waals surface area contributed by atoms with Crippen molar-refractivity contribution in [3.05, 3.63) is 216 Å². The number of nitrogens with two attached hydrogens (primary N) is 5. The fourth-order valence-electron chi connectivity index (χ4n) is 18.2. The average molecular weight is 1590 g/mol. The van der Waals surface area contributed by atoms with Crippen molar-refractivity contribution in [2.75, 3.05) is 78.5 Å². The van der Waals surface area contributed by atoms with E-state index < -0.39 is 0 Å². The third kappa shape index (κ3) is 24.8. The van der Waals surface area contributed by atoms with Gasteiger partial charge in [0.1, 0.15) is 0 Å². The summed E-state index contributed by atoms with van der Waals surface area (Å²) >= 11 is 0. The molecule has 9 atom stereocenters. The van der Waals surface area contributed by atoms with Gasteiger partial charge >= 0.3 is 0 Å². The van der Waals surface area contributed by atoms with E-state index >= 15 is 0 Å². The van der Waals surface area contributed by atoms with Gasteiger partial charge in [0.25, 0.3) is 17.7 Å². The van der Waals surface area contributed by atoms with Crippen LogP contribution < -0.4 is 60.6 Å². The molecule has 0 spiro atoms. The molecule has 7 aromatic carbocycles. The molecule has 2 bridgehead atoms. The summed E-state index contributed by atoms with van der Waals surface area (Å²) < 4.78 is 1.77. The molecular formula is C93H124N18O6. The van der Waals surface area contributed by atoms with Crippen molar-refractivity contribution in [3.8, 4) is 5.69 Å². The Labute approximate surface area is 690 Å². The Morgan fingerprint density at radius 3 is 1.42 bits per heavy atom. The van der Waals surface area contributed by atoms with Crippen LogP contribution in [0.1, 0.15) is 182 Å². The molecular weight excluding hydrogens is 1470 g/mol. The number of carbonyl (C=O) groups is 6. The lowest BCUT2D eigenvalue weighted by Gasteiger charge is -2.29. The summed E-state index contributed by atoms with van der Waals surface area (Å²) in [4.78, 5) is 94.2. The van der Waals surface area contributed by atoms with Crippen LogP contribution in [0.5, 0.6) is 0 Å². The highest BCUT2D eigenvalue weighted by Crippen LogP contribution is 2.49. The Hall–Kier alpha value is -10.5. The number of amides is 6. The smallest absolute Gasteiger partial charge is 0.254 e. The number of hydrogen-bond donors (Lipinski definition) is 11. The van der Waals surface area contributed by atoms with Crippen LogP contribution in [0.3, 0.4) is 0 Å². The summed E-state index contributed by atoms with van der Waals surface area (Å²) in [5.74, 6) is 3.56. The molecule has 6 fully saturated rings. The standard InChI is InChI=1S/C34H40N6O2.C30H42N6O2.C29H42N6O2/c1-25-30(23-37-40(25)29-16-9-4-10-17-29)33(41)36-22-28-19-21-39(34(42)32(38-28)18-11-20-35)24-31(26-12-5-2-6-13-26)27-14-7-3-8-15-27;31-30(32)33-13-3-6-27-29(38)36(14-11-24-17-20-7-8-23(24)16-20)15-12-26(35-27)19-34-28(37)25-10-9-21-4-1-2-5-22(21)18-25;30-29(31)32-16-6-11-26-28(37)35(17-14-21-7-2-1-3-8-21)18-15-25(34-26)20-33-27(36)24-13-12-22-9-4-5-10-23(22)19-24/h2-10,12-17,23,28,31-32,38H,11,18-22,24,35H2,1H3,(H,36,41);1-2,4-5,9-10,18,20,23-24,26-27,35H,3,6-8,11-17,19H2,(H,34,37)(H4,31,32,33);4-5,9-10,12-13,19,21,25-26,34H,1-3,6-8,11,14-18,20H2,(H,33,36)(H4,30,31,32)/t28-,32-;20?,23?,24?,26-,27-;25-,26-/m000/s1. The van der Waals surface area contributed by atoms with Gasteiger partial charge in [0.05, 0.1) is 41.3 Å². The summed E-state index contributed by atoms with van der Waals surface area (Å²) in [6.45, 7) is 9.04. The van der Waals surface area contributed by atoms with Crippen molar-refractivity contribution < 1.29 is 28.8 Å². The van der Waals surface area contributed by atoms with Gasteiger partial charge in [-0.3, -0.25) is 38.8 Å². The van der Waals surface area contributed by atoms with E-state index in [2.05, 4.69) is 76.1 Å². The lowest BCUT2D eigenvalue weighted by molar-refractivity contribution is -0.133. The summed E-state index contributed by atoms with van der Waals surface area (Å²) in [7, 11) is 0. The number of nitrogens with zero attached hydrogens (tertiary/aromatic N) is 7. The predicted molar refractivity (Wildman–Crippen MR) is 467 cm³/mol. The van der Waals surface area contributed by atoms with Gasteiger partial charge in [-0.15, -0.1) is 0 Å². The number of carbonyl (C=O) groups excluding carboxylic acids is 6. The van der Waals surface area contributed by atoms with Crippen LogP contribution in [-0.2, 0) is 14.4 Å². The van der Waals surface area contributed by atoms with Crippen LogP contribution in [0.2, 0.25) is 0 Å². The van der Waals surface area contributed by atoms with Crippen LogP contribution in [0, 0.1) is 30.6 Å². The van der Waals surface area contributed by atoms with Crippen LogP contribution in [0.25, 0.3) is 27.2 Å². The van der Waals surface area contributed by atoms with Gasteiger partial charge in [-0.25, -0.2) is 4.68 Å². The van der Waals surface area contributed by atoms with E-state index in [4.69, 9.17) is 28.7 Å². The molecule has 24 nitrogen and oxygen atoms in total. The SMILES string of the molecule is Cc1c(C(=O)NC[C@@H]2CCN(CC(c3ccccc3)c3ccccc3)C(=O)[C@H](CCCN)N2)cnn1-c1ccccc1.NC(N)=NCCC[C@@H]1N[C@H](CNC(=O)c2ccc3ccccc3c2)CCN(CCC2CC3CCC2C3)C1=O.NC(N)=NCCC[C@@H]1N[C@H](CNC(=O)c2ccc3ccccc3c2)CCN(CCC2CCCCC2)C1=O. The number of hydrogen-bond acceptors (Lipinski definition) is 13. The monoisotopic (exact) mass is 1590 g/mol. The second-order valence-electron chi connectivity index (χ2n) is 32.9. The van der Waals surface area contributed by atoms with E-state index in [1.165, 1.54) is 68.9 Å². The summed E-state index contributed by atoms with van der Waals surface area (Å²) in [6, 6.07) is 57.1. The molecule has 1 aromatic heterocycles. The van der Waals surface area contributed by atoms with E-state index in [0.29, 0.717) is 108 Å².